The Morgan fingerprint density at radius 3 is 2.71 bits per heavy atom. The number of thioether (sulfide) groups is 1. The summed E-state index contributed by atoms with van der Waals surface area (Å²) in [6.07, 6.45) is 0. The zero-order valence-corrected chi connectivity index (χ0v) is 10.4. The first-order chi connectivity index (χ1) is 8.02. The fourth-order valence-electron chi connectivity index (χ4n) is 1.50. The van der Waals surface area contributed by atoms with Crippen molar-refractivity contribution in [1.82, 2.24) is 9.55 Å². The van der Waals surface area contributed by atoms with Crippen molar-refractivity contribution in [2.75, 3.05) is 6.54 Å². The van der Waals surface area contributed by atoms with E-state index >= 15 is 0 Å². The molecule has 0 aliphatic rings. The number of benzene rings is 1. The summed E-state index contributed by atoms with van der Waals surface area (Å²) in [4.78, 5) is 4.27. The third kappa shape index (κ3) is 2.28. The normalized spacial score (nSPS) is 13.2. The van der Waals surface area contributed by atoms with Gasteiger partial charge in [0.1, 0.15) is 0 Å². The number of hydrogen-bond donors (Lipinski definition) is 1. The molecule has 6 heteroatoms. The SMILES string of the molecule is CC(CN)Sc1nc2cc(F)c(F)cc2n1C. The van der Waals surface area contributed by atoms with Gasteiger partial charge in [-0.25, -0.2) is 13.8 Å². The second-order valence-electron chi connectivity index (χ2n) is 3.87. The van der Waals surface area contributed by atoms with Crippen molar-refractivity contribution in [3.63, 3.8) is 0 Å². The minimum atomic E-state index is -0.876. The van der Waals surface area contributed by atoms with Crippen molar-refractivity contribution in [2.45, 2.75) is 17.3 Å². The van der Waals surface area contributed by atoms with E-state index in [4.69, 9.17) is 5.73 Å². The number of halogens is 2. The number of imidazole rings is 1. The fraction of sp³-hybridized carbons (Fsp3) is 0.364. The van der Waals surface area contributed by atoms with E-state index in [1.54, 1.807) is 11.6 Å². The molecular formula is C11H13F2N3S. The van der Waals surface area contributed by atoms with Crippen molar-refractivity contribution >= 4 is 22.8 Å². The van der Waals surface area contributed by atoms with E-state index in [1.165, 1.54) is 11.8 Å². The van der Waals surface area contributed by atoms with E-state index in [0.29, 0.717) is 22.7 Å². The molecule has 1 aromatic heterocycles. The first-order valence-electron chi connectivity index (χ1n) is 5.21. The third-order valence-corrected chi connectivity index (χ3v) is 3.69. The molecular weight excluding hydrogens is 244 g/mol. The predicted molar refractivity (Wildman–Crippen MR) is 65.0 cm³/mol. The van der Waals surface area contributed by atoms with Crippen LogP contribution in [0.3, 0.4) is 0 Å². The van der Waals surface area contributed by atoms with Crippen molar-refractivity contribution in [1.29, 1.82) is 0 Å². The summed E-state index contributed by atoms with van der Waals surface area (Å²) in [6, 6.07) is 2.27. The van der Waals surface area contributed by atoms with E-state index < -0.39 is 11.6 Å². The summed E-state index contributed by atoms with van der Waals surface area (Å²) in [5, 5.41) is 0.920. The summed E-state index contributed by atoms with van der Waals surface area (Å²) >= 11 is 1.49. The molecule has 2 aromatic rings. The Morgan fingerprint density at radius 1 is 1.41 bits per heavy atom. The second kappa shape index (κ2) is 4.62. The van der Waals surface area contributed by atoms with Crippen LogP contribution in [0.2, 0.25) is 0 Å². The molecule has 92 valence electrons. The molecule has 0 aliphatic carbocycles. The Morgan fingerprint density at radius 2 is 2.06 bits per heavy atom. The molecule has 0 amide bonds. The van der Waals surface area contributed by atoms with Gasteiger partial charge in [0.25, 0.3) is 0 Å². The average Bonchev–Trinajstić information content (AvgIpc) is 2.57. The molecule has 2 rings (SSSR count). The number of fused-ring (bicyclic) bond motifs is 1. The molecule has 0 bridgehead atoms. The lowest BCUT2D eigenvalue weighted by atomic mass is 10.3. The van der Waals surface area contributed by atoms with Gasteiger partial charge < -0.3 is 10.3 Å². The molecule has 0 saturated carbocycles. The van der Waals surface area contributed by atoms with E-state index in [-0.39, 0.29) is 5.25 Å². The molecule has 0 aliphatic heterocycles. The molecule has 1 unspecified atom stereocenters. The summed E-state index contributed by atoms with van der Waals surface area (Å²) in [5.41, 5.74) is 6.57. The Bertz CT molecular complexity index is 553. The van der Waals surface area contributed by atoms with Crippen LogP contribution in [0.5, 0.6) is 0 Å². The largest absolute Gasteiger partial charge is 0.329 e. The van der Waals surface area contributed by atoms with Crippen molar-refractivity contribution in [2.24, 2.45) is 12.8 Å². The maximum atomic E-state index is 13.1. The number of aryl methyl sites for hydroxylation is 1. The van der Waals surface area contributed by atoms with Gasteiger partial charge in [-0.2, -0.15) is 0 Å². The van der Waals surface area contributed by atoms with E-state index in [1.807, 2.05) is 6.92 Å². The lowest BCUT2D eigenvalue weighted by molar-refractivity contribution is 0.510. The number of nitrogens with two attached hydrogens (primary N) is 1. The van der Waals surface area contributed by atoms with Gasteiger partial charge in [-0.1, -0.05) is 18.7 Å². The van der Waals surface area contributed by atoms with Gasteiger partial charge in [0, 0.05) is 31.0 Å². The van der Waals surface area contributed by atoms with Crippen LogP contribution in [-0.2, 0) is 7.05 Å². The molecule has 1 atom stereocenters. The van der Waals surface area contributed by atoms with Gasteiger partial charge in [-0.3, -0.25) is 0 Å². The van der Waals surface area contributed by atoms with Gasteiger partial charge in [0.05, 0.1) is 11.0 Å². The highest BCUT2D eigenvalue weighted by Gasteiger charge is 2.14. The highest BCUT2D eigenvalue weighted by atomic mass is 32.2. The van der Waals surface area contributed by atoms with E-state index in [9.17, 15) is 8.78 Å². The average molecular weight is 257 g/mol. The zero-order chi connectivity index (χ0) is 12.6. The van der Waals surface area contributed by atoms with Crippen LogP contribution >= 0.6 is 11.8 Å². The van der Waals surface area contributed by atoms with Crippen LogP contribution in [0, 0.1) is 11.6 Å². The molecule has 2 N–H and O–H groups in total. The smallest absolute Gasteiger partial charge is 0.169 e. The first kappa shape index (κ1) is 12.3. The van der Waals surface area contributed by atoms with Crippen LogP contribution in [0.15, 0.2) is 17.3 Å². The molecule has 1 heterocycles. The maximum Gasteiger partial charge on any atom is 0.169 e. The van der Waals surface area contributed by atoms with Gasteiger partial charge in [0.15, 0.2) is 16.8 Å². The highest BCUT2D eigenvalue weighted by Crippen LogP contribution is 2.26. The van der Waals surface area contributed by atoms with Crippen molar-refractivity contribution in [3.05, 3.63) is 23.8 Å². The van der Waals surface area contributed by atoms with Crippen LogP contribution < -0.4 is 5.73 Å². The van der Waals surface area contributed by atoms with Crippen LogP contribution in [0.1, 0.15) is 6.92 Å². The number of nitrogens with zero attached hydrogens (tertiary/aromatic N) is 2. The van der Waals surface area contributed by atoms with Gasteiger partial charge in [-0.15, -0.1) is 0 Å². The fourth-order valence-corrected chi connectivity index (χ4v) is 2.36. The summed E-state index contributed by atoms with van der Waals surface area (Å²) < 4.78 is 27.9. The zero-order valence-electron chi connectivity index (χ0n) is 9.58. The molecule has 0 spiro atoms. The summed E-state index contributed by atoms with van der Waals surface area (Å²) in [6.45, 7) is 2.50. The minimum absolute atomic E-state index is 0.209. The molecule has 17 heavy (non-hydrogen) atoms. The highest BCUT2D eigenvalue weighted by molar-refractivity contribution is 7.99. The van der Waals surface area contributed by atoms with Gasteiger partial charge >= 0.3 is 0 Å². The molecule has 3 nitrogen and oxygen atoms in total. The Hall–Kier alpha value is -1.14. The molecule has 0 radical (unpaired) electrons. The Kier molecular flexibility index (Phi) is 3.35. The van der Waals surface area contributed by atoms with Crippen LogP contribution in [0.25, 0.3) is 11.0 Å². The van der Waals surface area contributed by atoms with Crippen molar-refractivity contribution in [3.8, 4) is 0 Å². The quantitative estimate of drug-likeness (QED) is 0.858. The number of aromatic nitrogens is 2. The monoisotopic (exact) mass is 257 g/mol. The van der Waals surface area contributed by atoms with Crippen LogP contribution in [-0.4, -0.2) is 21.3 Å². The Balaban J connectivity index is 2.49. The van der Waals surface area contributed by atoms with E-state index in [0.717, 1.165) is 12.1 Å². The topological polar surface area (TPSA) is 43.8 Å². The standard InChI is InChI=1S/C11H13F2N3S/c1-6(5-14)17-11-15-9-3-7(12)8(13)4-10(9)16(11)2/h3-4,6H,5,14H2,1-2H3. The second-order valence-corrected chi connectivity index (χ2v) is 5.28. The maximum absolute atomic E-state index is 13.1. The Labute approximate surface area is 102 Å². The minimum Gasteiger partial charge on any atom is -0.329 e. The summed E-state index contributed by atoms with van der Waals surface area (Å²) in [5.74, 6) is -1.73. The molecule has 0 saturated heterocycles. The van der Waals surface area contributed by atoms with Crippen LogP contribution in [0.4, 0.5) is 8.78 Å². The molecule has 0 fully saturated rings. The number of hydrogen-bond acceptors (Lipinski definition) is 3. The first-order valence-corrected chi connectivity index (χ1v) is 6.09. The van der Waals surface area contributed by atoms with Gasteiger partial charge in [0.2, 0.25) is 0 Å². The lowest BCUT2D eigenvalue weighted by Gasteiger charge is -2.07. The van der Waals surface area contributed by atoms with E-state index in [2.05, 4.69) is 4.98 Å². The summed E-state index contributed by atoms with van der Waals surface area (Å²) in [7, 11) is 1.78. The number of rotatable bonds is 3. The lowest BCUT2D eigenvalue weighted by Crippen LogP contribution is -2.13. The van der Waals surface area contributed by atoms with Crippen molar-refractivity contribution < 1.29 is 8.78 Å². The predicted octanol–water partition coefficient (Wildman–Crippen LogP) is 2.29. The van der Waals surface area contributed by atoms with Gasteiger partial charge in [-0.05, 0) is 0 Å². The molecule has 1 aromatic carbocycles. The third-order valence-electron chi connectivity index (χ3n) is 2.52.